The predicted octanol–water partition coefficient (Wildman–Crippen LogP) is 0.995. The second-order valence-corrected chi connectivity index (χ2v) is 4.13. The van der Waals surface area contributed by atoms with Crippen molar-refractivity contribution in [1.29, 1.82) is 0 Å². The maximum absolute atomic E-state index is 11.5. The molecular weight excluding hydrogens is 190 g/mol. The van der Waals surface area contributed by atoms with Crippen molar-refractivity contribution in [2.75, 3.05) is 13.1 Å². The highest BCUT2D eigenvalue weighted by Gasteiger charge is 2.11. The standard InChI is InChI=1S/C11H17N3O/c1-10-5-6-11(15)14(12-10)9-13-7-3-2-4-8-13/h5-6H,2-4,7-9H2,1H3. The Labute approximate surface area is 89.5 Å². The third kappa shape index (κ3) is 2.65. The van der Waals surface area contributed by atoms with Gasteiger partial charge in [0.15, 0.2) is 0 Å². The van der Waals surface area contributed by atoms with Crippen LogP contribution in [0.4, 0.5) is 0 Å². The number of likely N-dealkylation sites (tertiary alicyclic amines) is 1. The minimum absolute atomic E-state index is 0.00817. The van der Waals surface area contributed by atoms with Crippen LogP contribution in [0.5, 0.6) is 0 Å². The van der Waals surface area contributed by atoms with Gasteiger partial charge in [-0.2, -0.15) is 5.10 Å². The molecule has 0 unspecified atom stereocenters. The van der Waals surface area contributed by atoms with Crippen LogP contribution in [0, 0.1) is 6.92 Å². The van der Waals surface area contributed by atoms with E-state index < -0.39 is 0 Å². The van der Waals surface area contributed by atoms with Gasteiger partial charge in [0.2, 0.25) is 0 Å². The van der Waals surface area contributed by atoms with E-state index in [1.54, 1.807) is 16.8 Å². The third-order valence-corrected chi connectivity index (χ3v) is 2.78. The first-order chi connectivity index (χ1) is 7.25. The number of nitrogens with zero attached hydrogens (tertiary/aromatic N) is 3. The highest BCUT2D eigenvalue weighted by Crippen LogP contribution is 2.08. The van der Waals surface area contributed by atoms with E-state index in [-0.39, 0.29) is 5.56 Å². The minimum atomic E-state index is -0.00817. The summed E-state index contributed by atoms with van der Waals surface area (Å²) in [6.45, 7) is 4.72. The van der Waals surface area contributed by atoms with Gasteiger partial charge in [-0.3, -0.25) is 9.69 Å². The Morgan fingerprint density at radius 1 is 1.27 bits per heavy atom. The van der Waals surface area contributed by atoms with Gasteiger partial charge in [0.25, 0.3) is 5.56 Å². The molecule has 0 spiro atoms. The molecule has 2 heterocycles. The molecule has 82 valence electrons. The minimum Gasteiger partial charge on any atom is -0.284 e. The second kappa shape index (κ2) is 4.57. The molecule has 0 bridgehead atoms. The van der Waals surface area contributed by atoms with Gasteiger partial charge in [-0.25, -0.2) is 4.68 Å². The second-order valence-electron chi connectivity index (χ2n) is 4.13. The van der Waals surface area contributed by atoms with Crippen LogP contribution in [0.25, 0.3) is 0 Å². The van der Waals surface area contributed by atoms with Crippen molar-refractivity contribution in [3.63, 3.8) is 0 Å². The van der Waals surface area contributed by atoms with Gasteiger partial charge in [0, 0.05) is 6.07 Å². The summed E-state index contributed by atoms with van der Waals surface area (Å²) < 4.78 is 1.56. The predicted molar refractivity (Wildman–Crippen MR) is 58.7 cm³/mol. The van der Waals surface area contributed by atoms with Crippen LogP contribution in [-0.2, 0) is 6.67 Å². The van der Waals surface area contributed by atoms with E-state index in [0.29, 0.717) is 6.67 Å². The number of piperidine rings is 1. The average molecular weight is 207 g/mol. The Morgan fingerprint density at radius 3 is 2.73 bits per heavy atom. The van der Waals surface area contributed by atoms with Crippen LogP contribution in [0.2, 0.25) is 0 Å². The zero-order valence-corrected chi connectivity index (χ0v) is 9.15. The van der Waals surface area contributed by atoms with Crippen molar-refractivity contribution < 1.29 is 0 Å². The summed E-state index contributed by atoms with van der Waals surface area (Å²) in [7, 11) is 0. The Bertz CT molecular complexity index is 380. The van der Waals surface area contributed by atoms with Crippen LogP contribution < -0.4 is 5.56 Å². The lowest BCUT2D eigenvalue weighted by molar-refractivity contribution is 0.169. The van der Waals surface area contributed by atoms with Gasteiger partial charge in [0.1, 0.15) is 0 Å². The van der Waals surface area contributed by atoms with Crippen LogP contribution in [-0.4, -0.2) is 27.8 Å². The fourth-order valence-corrected chi connectivity index (χ4v) is 1.94. The molecule has 4 nitrogen and oxygen atoms in total. The largest absolute Gasteiger partial charge is 0.284 e. The molecule has 0 amide bonds. The molecule has 15 heavy (non-hydrogen) atoms. The van der Waals surface area contributed by atoms with E-state index in [2.05, 4.69) is 10.00 Å². The van der Waals surface area contributed by atoms with Crippen LogP contribution in [0.15, 0.2) is 16.9 Å². The van der Waals surface area contributed by atoms with Crippen molar-refractivity contribution in [3.05, 3.63) is 28.2 Å². The SMILES string of the molecule is Cc1ccc(=O)n(CN2CCCCC2)n1. The first-order valence-corrected chi connectivity index (χ1v) is 5.53. The highest BCUT2D eigenvalue weighted by molar-refractivity contribution is 4.96. The molecular formula is C11H17N3O. The molecule has 0 saturated carbocycles. The van der Waals surface area contributed by atoms with Crippen molar-refractivity contribution in [2.24, 2.45) is 0 Å². The molecule has 1 aromatic rings. The molecule has 0 N–H and O–H groups in total. The number of aromatic nitrogens is 2. The van der Waals surface area contributed by atoms with E-state index >= 15 is 0 Å². The van der Waals surface area contributed by atoms with Crippen LogP contribution in [0.3, 0.4) is 0 Å². The molecule has 0 aliphatic carbocycles. The van der Waals surface area contributed by atoms with Crippen LogP contribution >= 0.6 is 0 Å². The van der Waals surface area contributed by atoms with Crippen molar-refractivity contribution >= 4 is 0 Å². The lowest BCUT2D eigenvalue weighted by Crippen LogP contribution is -2.36. The fourth-order valence-electron chi connectivity index (χ4n) is 1.94. The molecule has 0 aromatic carbocycles. The summed E-state index contributed by atoms with van der Waals surface area (Å²) in [4.78, 5) is 13.8. The maximum Gasteiger partial charge on any atom is 0.267 e. The third-order valence-electron chi connectivity index (χ3n) is 2.78. The fraction of sp³-hybridized carbons (Fsp3) is 0.636. The summed E-state index contributed by atoms with van der Waals surface area (Å²) in [5.41, 5.74) is 0.887. The van der Waals surface area contributed by atoms with Crippen molar-refractivity contribution in [3.8, 4) is 0 Å². The van der Waals surface area contributed by atoms with E-state index in [4.69, 9.17) is 0 Å². The number of hydrogen-bond donors (Lipinski definition) is 0. The van der Waals surface area contributed by atoms with Crippen molar-refractivity contribution in [1.82, 2.24) is 14.7 Å². The van der Waals surface area contributed by atoms with Crippen LogP contribution in [0.1, 0.15) is 25.0 Å². The maximum atomic E-state index is 11.5. The van der Waals surface area contributed by atoms with Gasteiger partial charge in [-0.1, -0.05) is 6.42 Å². The summed E-state index contributed by atoms with van der Waals surface area (Å²) in [6.07, 6.45) is 3.79. The molecule has 4 heteroatoms. The zero-order chi connectivity index (χ0) is 10.7. The van der Waals surface area contributed by atoms with E-state index in [1.165, 1.54) is 19.3 Å². The summed E-state index contributed by atoms with van der Waals surface area (Å²) >= 11 is 0. The Morgan fingerprint density at radius 2 is 2.00 bits per heavy atom. The monoisotopic (exact) mass is 207 g/mol. The molecule has 2 rings (SSSR count). The molecule has 1 saturated heterocycles. The lowest BCUT2D eigenvalue weighted by Gasteiger charge is -2.26. The molecule has 1 fully saturated rings. The van der Waals surface area contributed by atoms with E-state index in [1.807, 2.05) is 6.92 Å². The molecule has 1 aliphatic rings. The number of hydrogen-bond acceptors (Lipinski definition) is 3. The van der Waals surface area contributed by atoms with E-state index in [0.717, 1.165) is 18.8 Å². The van der Waals surface area contributed by atoms with Gasteiger partial charge in [-0.15, -0.1) is 0 Å². The summed E-state index contributed by atoms with van der Waals surface area (Å²) in [5, 5.41) is 4.23. The Kier molecular flexibility index (Phi) is 3.16. The zero-order valence-electron chi connectivity index (χ0n) is 9.15. The quantitative estimate of drug-likeness (QED) is 0.726. The molecule has 0 atom stereocenters. The molecule has 0 radical (unpaired) electrons. The Balaban J connectivity index is 2.09. The highest BCUT2D eigenvalue weighted by atomic mass is 16.1. The first-order valence-electron chi connectivity index (χ1n) is 5.53. The smallest absolute Gasteiger partial charge is 0.267 e. The topological polar surface area (TPSA) is 38.1 Å². The first kappa shape index (κ1) is 10.4. The van der Waals surface area contributed by atoms with Crippen molar-refractivity contribution in [2.45, 2.75) is 32.9 Å². The summed E-state index contributed by atoms with van der Waals surface area (Å²) in [5.74, 6) is 0. The van der Waals surface area contributed by atoms with E-state index in [9.17, 15) is 4.79 Å². The van der Waals surface area contributed by atoms with Gasteiger partial charge in [-0.05, 0) is 38.9 Å². The average Bonchev–Trinajstić information content (AvgIpc) is 2.25. The molecule has 1 aliphatic heterocycles. The lowest BCUT2D eigenvalue weighted by atomic mass is 10.1. The summed E-state index contributed by atoms with van der Waals surface area (Å²) in [6, 6.07) is 3.35. The normalized spacial score (nSPS) is 17.9. The van der Waals surface area contributed by atoms with Gasteiger partial charge in [0.05, 0.1) is 12.4 Å². The Hall–Kier alpha value is -1.16. The van der Waals surface area contributed by atoms with Gasteiger partial charge < -0.3 is 0 Å². The number of rotatable bonds is 2. The number of aryl methyl sites for hydroxylation is 1. The van der Waals surface area contributed by atoms with Gasteiger partial charge >= 0.3 is 0 Å². The molecule has 1 aromatic heterocycles.